The molecular weight excluding hydrogens is 238 g/mol. The van der Waals surface area contributed by atoms with Crippen LogP contribution in [-0.2, 0) is 6.54 Å². The number of Topliss-reactive ketones (excluding diaryl/α,β-unsaturated/α-hetero) is 1. The molecule has 1 heterocycles. The number of ketones is 1. The maximum Gasteiger partial charge on any atom is 0.189 e. The van der Waals surface area contributed by atoms with Gasteiger partial charge in [-0.25, -0.2) is 0 Å². The standard InChI is InChI=1S/C12H20ClN3O/c1-4-6-16-10(9(13)7-15-16)11(17)12(3,5-2)8-14/h7H,4-6,8,14H2,1-3H3. The second-order valence-electron chi connectivity index (χ2n) is 4.51. The number of aryl methyl sites for hydroxylation is 1. The maximum atomic E-state index is 12.5. The van der Waals surface area contributed by atoms with Crippen LogP contribution in [0.2, 0.25) is 5.02 Å². The average Bonchev–Trinajstić information content (AvgIpc) is 2.69. The van der Waals surface area contributed by atoms with Crippen molar-refractivity contribution < 1.29 is 4.79 Å². The number of hydrogen-bond acceptors (Lipinski definition) is 3. The molecule has 0 aliphatic heterocycles. The van der Waals surface area contributed by atoms with E-state index in [0.717, 1.165) is 6.42 Å². The summed E-state index contributed by atoms with van der Waals surface area (Å²) in [5.41, 5.74) is 5.63. The third kappa shape index (κ3) is 2.69. The van der Waals surface area contributed by atoms with E-state index in [9.17, 15) is 4.79 Å². The number of aromatic nitrogens is 2. The molecule has 0 spiro atoms. The van der Waals surface area contributed by atoms with Gasteiger partial charge >= 0.3 is 0 Å². The fraction of sp³-hybridized carbons (Fsp3) is 0.667. The lowest BCUT2D eigenvalue weighted by Crippen LogP contribution is -2.36. The first-order chi connectivity index (χ1) is 8.00. The van der Waals surface area contributed by atoms with Crippen molar-refractivity contribution in [3.05, 3.63) is 16.9 Å². The molecular formula is C12H20ClN3O. The third-order valence-corrected chi connectivity index (χ3v) is 3.50. The summed E-state index contributed by atoms with van der Waals surface area (Å²) < 4.78 is 1.67. The zero-order valence-corrected chi connectivity index (χ0v) is 11.4. The van der Waals surface area contributed by atoms with E-state index < -0.39 is 5.41 Å². The normalized spacial score (nSPS) is 14.6. The lowest BCUT2D eigenvalue weighted by molar-refractivity contribution is 0.0808. The Morgan fingerprint density at radius 2 is 2.24 bits per heavy atom. The van der Waals surface area contributed by atoms with Gasteiger partial charge in [-0.05, 0) is 12.8 Å². The summed E-state index contributed by atoms with van der Waals surface area (Å²) in [6, 6.07) is 0. The summed E-state index contributed by atoms with van der Waals surface area (Å²) in [5.74, 6) is -0.0153. The quantitative estimate of drug-likeness (QED) is 0.797. The van der Waals surface area contributed by atoms with Crippen molar-refractivity contribution in [2.45, 2.75) is 40.2 Å². The van der Waals surface area contributed by atoms with Gasteiger partial charge in [0.25, 0.3) is 0 Å². The average molecular weight is 258 g/mol. The van der Waals surface area contributed by atoms with Gasteiger partial charge in [0.15, 0.2) is 5.78 Å². The van der Waals surface area contributed by atoms with Crippen molar-refractivity contribution in [2.24, 2.45) is 11.1 Å². The second kappa shape index (κ2) is 5.65. The van der Waals surface area contributed by atoms with Gasteiger partial charge in [-0.15, -0.1) is 0 Å². The number of nitrogens with two attached hydrogens (primary N) is 1. The maximum absolute atomic E-state index is 12.5. The highest BCUT2D eigenvalue weighted by Gasteiger charge is 2.34. The fourth-order valence-electron chi connectivity index (χ4n) is 1.65. The van der Waals surface area contributed by atoms with E-state index >= 15 is 0 Å². The zero-order chi connectivity index (χ0) is 13.1. The van der Waals surface area contributed by atoms with Gasteiger partial charge in [-0.2, -0.15) is 5.10 Å². The zero-order valence-electron chi connectivity index (χ0n) is 10.7. The van der Waals surface area contributed by atoms with Gasteiger partial charge in [0.1, 0.15) is 5.69 Å². The molecule has 4 nitrogen and oxygen atoms in total. The second-order valence-corrected chi connectivity index (χ2v) is 4.92. The molecule has 0 aliphatic rings. The largest absolute Gasteiger partial charge is 0.329 e. The van der Waals surface area contributed by atoms with Gasteiger partial charge in [0.05, 0.1) is 11.2 Å². The molecule has 1 aromatic heterocycles. The van der Waals surface area contributed by atoms with Crippen LogP contribution in [0.5, 0.6) is 0 Å². The minimum atomic E-state index is -0.560. The number of carbonyl (C=O) groups excluding carboxylic acids is 1. The Bertz CT molecular complexity index is 396. The van der Waals surface area contributed by atoms with Crippen LogP contribution >= 0.6 is 11.6 Å². The van der Waals surface area contributed by atoms with Crippen LogP contribution in [0, 0.1) is 5.41 Å². The number of carbonyl (C=O) groups is 1. The molecule has 1 rings (SSSR count). The van der Waals surface area contributed by atoms with Crippen LogP contribution in [0.3, 0.4) is 0 Å². The Balaban J connectivity index is 3.15. The van der Waals surface area contributed by atoms with Gasteiger partial charge in [-0.1, -0.05) is 32.4 Å². The molecule has 1 unspecified atom stereocenters. The third-order valence-electron chi connectivity index (χ3n) is 3.22. The highest BCUT2D eigenvalue weighted by Crippen LogP contribution is 2.28. The van der Waals surface area contributed by atoms with Gasteiger partial charge in [-0.3, -0.25) is 9.48 Å². The Labute approximate surface area is 107 Å². The predicted octanol–water partition coefficient (Wildman–Crippen LogP) is 2.50. The van der Waals surface area contributed by atoms with E-state index in [1.165, 1.54) is 6.20 Å². The van der Waals surface area contributed by atoms with Crippen molar-refractivity contribution in [3.8, 4) is 0 Å². The number of hydrogen-bond donors (Lipinski definition) is 1. The molecule has 0 radical (unpaired) electrons. The number of halogens is 1. The fourth-order valence-corrected chi connectivity index (χ4v) is 1.88. The van der Waals surface area contributed by atoms with Crippen molar-refractivity contribution in [2.75, 3.05) is 6.54 Å². The lowest BCUT2D eigenvalue weighted by atomic mass is 9.81. The molecule has 1 aromatic rings. The first kappa shape index (κ1) is 14.2. The molecule has 0 amide bonds. The Morgan fingerprint density at radius 1 is 1.59 bits per heavy atom. The first-order valence-electron chi connectivity index (χ1n) is 5.96. The highest BCUT2D eigenvalue weighted by atomic mass is 35.5. The number of nitrogens with zero attached hydrogens (tertiary/aromatic N) is 2. The minimum Gasteiger partial charge on any atom is -0.329 e. The minimum absolute atomic E-state index is 0.0153. The molecule has 17 heavy (non-hydrogen) atoms. The summed E-state index contributed by atoms with van der Waals surface area (Å²) in [5, 5.41) is 4.55. The summed E-state index contributed by atoms with van der Waals surface area (Å²) in [6.07, 6.45) is 3.12. The van der Waals surface area contributed by atoms with Crippen LogP contribution in [0.15, 0.2) is 6.20 Å². The van der Waals surface area contributed by atoms with Crippen molar-refractivity contribution in [3.63, 3.8) is 0 Å². The molecule has 96 valence electrons. The molecule has 0 fully saturated rings. The van der Waals surface area contributed by atoms with Crippen molar-refractivity contribution in [1.82, 2.24) is 9.78 Å². The lowest BCUT2D eigenvalue weighted by Gasteiger charge is -2.25. The van der Waals surface area contributed by atoms with Crippen LogP contribution < -0.4 is 5.73 Å². The van der Waals surface area contributed by atoms with E-state index in [1.54, 1.807) is 4.68 Å². The predicted molar refractivity (Wildman–Crippen MR) is 69.3 cm³/mol. The molecule has 1 atom stereocenters. The van der Waals surface area contributed by atoms with Crippen LogP contribution in [0.4, 0.5) is 0 Å². The Kier molecular flexibility index (Phi) is 4.71. The van der Waals surface area contributed by atoms with E-state index in [0.29, 0.717) is 30.2 Å². The van der Waals surface area contributed by atoms with E-state index in [2.05, 4.69) is 5.10 Å². The van der Waals surface area contributed by atoms with Crippen LogP contribution in [0.25, 0.3) is 0 Å². The summed E-state index contributed by atoms with van der Waals surface area (Å²) in [6.45, 7) is 6.87. The molecule has 2 N–H and O–H groups in total. The van der Waals surface area contributed by atoms with Gasteiger partial charge < -0.3 is 5.73 Å². The van der Waals surface area contributed by atoms with Crippen LogP contribution in [0.1, 0.15) is 44.1 Å². The van der Waals surface area contributed by atoms with E-state index in [1.807, 2.05) is 20.8 Å². The monoisotopic (exact) mass is 257 g/mol. The summed E-state index contributed by atoms with van der Waals surface area (Å²) in [7, 11) is 0. The molecule has 5 heteroatoms. The molecule has 0 saturated heterocycles. The SMILES string of the molecule is CCCn1ncc(Cl)c1C(=O)C(C)(CC)CN. The first-order valence-corrected chi connectivity index (χ1v) is 6.34. The summed E-state index contributed by atoms with van der Waals surface area (Å²) in [4.78, 5) is 12.5. The van der Waals surface area contributed by atoms with Crippen LogP contribution in [-0.4, -0.2) is 22.1 Å². The molecule has 0 bridgehead atoms. The van der Waals surface area contributed by atoms with Gasteiger partial charge in [0, 0.05) is 18.5 Å². The van der Waals surface area contributed by atoms with E-state index in [-0.39, 0.29) is 5.78 Å². The Morgan fingerprint density at radius 3 is 2.71 bits per heavy atom. The van der Waals surface area contributed by atoms with E-state index in [4.69, 9.17) is 17.3 Å². The van der Waals surface area contributed by atoms with Crippen molar-refractivity contribution >= 4 is 17.4 Å². The smallest absolute Gasteiger partial charge is 0.189 e. The molecule has 0 aliphatic carbocycles. The molecule has 0 aromatic carbocycles. The van der Waals surface area contributed by atoms with Crippen molar-refractivity contribution in [1.29, 1.82) is 0 Å². The summed E-state index contributed by atoms with van der Waals surface area (Å²) >= 11 is 6.05. The van der Waals surface area contributed by atoms with Gasteiger partial charge in [0.2, 0.25) is 0 Å². The Hall–Kier alpha value is -0.870. The highest BCUT2D eigenvalue weighted by molar-refractivity contribution is 6.33. The molecule has 0 saturated carbocycles. The number of rotatable bonds is 6. The topological polar surface area (TPSA) is 60.9 Å².